The predicted octanol–water partition coefficient (Wildman–Crippen LogP) is 2.15. The highest BCUT2D eigenvalue weighted by molar-refractivity contribution is 5.90. The Morgan fingerprint density at radius 1 is 1.35 bits per heavy atom. The highest BCUT2D eigenvalue weighted by Crippen LogP contribution is 2.22. The van der Waals surface area contributed by atoms with E-state index in [1.807, 2.05) is 45.0 Å². The van der Waals surface area contributed by atoms with Gasteiger partial charge in [0, 0.05) is 35.2 Å². The Morgan fingerprint density at radius 2 is 2.05 bits per heavy atom. The Hall–Kier alpha value is -1.81. The number of para-hydroxylation sites is 1. The minimum atomic E-state index is -0.287. The van der Waals surface area contributed by atoms with Crippen LogP contribution in [0.15, 0.2) is 24.3 Å². The van der Waals surface area contributed by atoms with E-state index in [1.165, 1.54) is 0 Å². The molecule has 0 bridgehead atoms. The standard InChI is InChI=1S/C16H22N2O2/c1-11-13(12-6-4-5-7-14(12)18-11)8-15(20)17-9-16(2,3)10-19/h4-7,18-19H,8-10H2,1-3H3,(H,17,20). The number of H-pyrrole nitrogens is 1. The number of aromatic nitrogens is 1. The van der Waals surface area contributed by atoms with Gasteiger partial charge in [-0.15, -0.1) is 0 Å². The van der Waals surface area contributed by atoms with Gasteiger partial charge in [0.2, 0.25) is 5.91 Å². The zero-order valence-corrected chi connectivity index (χ0v) is 12.3. The van der Waals surface area contributed by atoms with Crippen LogP contribution >= 0.6 is 0 Å². The number of carbonyl (C=O) groups is 1. The summed E-state index contributed by atoms with van der Waals surface area (Å²) in [6, 6.07) is 8.00. The van der Waals surface area contributed by atoms with Crippen molar-refractivity contribution < 1.29 is 9.90 Å². The number of rotatable bonds is 5. The van der Waals surface area contributed by atoms with Crippen molar-refractivity contribution in [1.82, 2.24) is 10.3 Å². The normalized spacial score (nSPS) is 11.8. The van der Waals surface area contributed by atoms with Crippen LogP contribution in [0.1, 0.15) is 25.1 Å². The van der Waals surface area contributed by atoms with Crippen LogP contribution < -0.4 is 5.32 Å². The van der Waals surface area contributed by atoms with Crippen molar-refractivity contribution in [1.29, 1.82) is 0 Å². The second kappa shape index (κ2) is 5.67. The number of fused-ring (bicyclic) bond motifs is 1. The second-order valence-corrected chi connectivity index (χ2v) is 6.05. The van der Waals surface area contributed by atoms with Gasteiger partial charge in [-0.2, -0.15) is 0 Å². The lowest BCUT2D eigenvalue weighted by molar-refractivity contribution is -0.121. The number of aryl methyl sites for hydroxylation is 1. The molecule has 0 aliphatic heterocycles. The fourth-order valence-corrected chi connectivity index (χ4v) is 2.18. The average Bonchev–Trinajstić information content (AvgIpc) is 2.73. The molecule has 1 heterocycles. The fraction of sp³-hybridized carbons (Fsp3) is 0.438. The summed E-state index contributed by atoms with van der Waals surface area (Å²) in [5.74, 6) is -0.0145. The van der Waals surface area contributed by atoms with Crippen molar-refractivity contribution in [3.05, 3.63) is 35.5 Å². The van der Waals surface area contributed by atoms with Gasteiger partial charge in [0.25, 0.3) is 0 Å². The number of nitrogens with one attached hydrogen (secondary N) is 2. The van der Waals surface area contributed by atoms with Gasteiger partial charge in [-0.25, -0.2) is 0 Å². The van der Waals surface area contributed by atoms with E-state index in [0.717, 1.165) is 22.2 Å². The van der Waals surface area contributed by atoms with Crippen LogP contribution in [0.3, 0.4) is 0 Å². The van der Waals surface area contributed by atoms with E-state index < -0.39 is 0 Å². The Morgan fingerprint density at radius 3 is 2.75 bits per heavy atom. The van der Waals surface area contributed by atoms with Crippen molar-refractivity contribution in [3.8, 4) is 0 Å². The lowest BCUT2D eigenvalue weighted by atomic mass is 9.95. The van der Waals surface area contributed by atoms with Gasteiger partial charge in [-0.1, -0.05) is 32.0 Å². The predicted molar refractivity (Wildman–Crippen MR) is 80.6 cm³/mol. The maximum absolute atomic E-state index is 12.1. The molecule has 0 saturated carbocycles. The number of hydrogen-bond donors (Lipinski definition) is 3. The molecule has 4 nitrogen and oxygen atoms in total. The minimum Gasteiger partial charge on any atom is -0.396 e. The summed E-state index contributed by atoms with van der Waals surface area (Å²) in [5.41, 5.74) is 2.84. The molecule has 4 heteroatoms. The Labute approximate surface area is 119 Å². The monoisotopic (exact) mass is 274 g/mol. The molecule has 0 spiro atoms. The molecule has 2 aromatic rings. The number of hydrogen-bond acceptors (Lipinski definition) is 2. The van der Waals surface area contributed by atoms with Gasteiger partial charge >= 0.3 is 0 Å². The van der Waals surface area contributed by atoms with E-state index >= 15 is 0 Å². The van der Waals surface area contributed by atoms with Crippen molar-refractivity contribution in [2.45, 2.75) is 27.2 Å². The highest BCUT2D eigenvalue weighted by Gasteiger charge is 2.18. The number of aliphatic hydroxyl groups is 1. The van der Waals surface area contributed by atoms with Crippen molar-refractivity contribution in [2.75, 3.05) is 13.2 Å². The summed E-state index contributed by atoms with van der Waals surface area (Å²) in [4.78, 5) is 15.4. The molecule has 0 unspecified atom stereocenters. The molecular weight excluding hydrogens is 252 g/mol. The smallest absolute Gasteiger partial charge is 0.224 e. The zero-order valence-electron chi connectivity index (χ0n) is 12.3. The number of amides is 1. The molecule has 0 fully saturated rings. The van der Waals surface area contributed by atoms with Crippen LogP contribution in [0.4, 0.5) is 0 Å². The first kappa shape index (κ1) is 14.6. The Balaban J connectivity index is 2.09. The van der Waals surface area contributed by atoms with E-state index in [1.54, 1.807) is 0 Å². The largest absolute Gasteiger partial charge is 0.396 e. The van der Waals surface area contributed by atoms with Gasteiger partial charge in [-0.05, 0) is 18.6 Å². The van der Waals surface area contributed by atoms with Crippen LogP contribution in [0.25, 0.3) is 10.9 Å². The first-order valence-electron chi connectivity index (χ1n) is 6.87. The number of benzene rings is 1. The van der Waals surface area contributed by atoms with Gasteiger partial charge < -0.3 is 15.4 Å². The molecule has 20 heavy (non-hydrogen) atoms. The maximum Gasteiger partial charge on any atom is 0.224 e. The number of aliphatic hydroxyl groups excluding tert-OH is 1. The third-order valence-corrected chi connectivity index (χ3v) is 3.56. The molecule has 0 radical (unpaired) electrons. The number of aromatic amines is 1. The van der Waals surface area contributed by atoms with Crippen LogP contribution in [0.5, 0.6) is 0 Å². The Kier molecular flexibility index (Phi) is 4.14. The fourth-order valence-electron chi connectivity index (χ4n) is 2.18. The van der Waals surface area contributed by atoms with E-state index in [0.29, 0.717) is 13.0 Å². The summed E-state index contributed by atoms with van der Waals surface area (Å²) in [6.45, 7) is 6.36. The Bertz CT molecular complexity index is 614. The van der Waals surface area contributed by atoms with E-state index in [-0.39, 0.29) is 17.9 Å². The van der Waals surface area contributed by atoms with Crippen molar-refractivity contribution >= 4 is 16.8 Å². The van der Waals surface area contributed by atoms with Gasteiger partial charge in [0.05, 0.1) is 6.42 Å². The van der Waals surface area contributed by atoms with Gasteiger partial charge in [-0.3, -0.25) is 4.79 Å². The second-order valence-electron chi connectivity index (χ2n) is 6.05. The topological polar surface area (TPSA) is 65.1 Å². The zero-order chi connectivity index (χ0) is 14.8. The van der Waals surface area contributed by atoms with E-state index in [9.17, 15) is 9.90 Å². The molecular formula is C16H22N2O2. The molecule has 1 aromatic carbocycles. The van der Waals surface area contributed by atoms with Crippen LogP contribution in [-0.4, -0.2) is 29.1 Å². The molecule has 0 aliphatic carbocycles. The molecule has 1 amide bonds. The minimum absolute atomic E-state index is 0.0145. The summed E-state index contributed by atoms with van der Waals surface area (Å²) < 4.78 is 0. The molecule has 3 N–H and O–H groups in total. The lowest BCUT2D eigenvalue weighted by Crippen LogP contribution is -2.36. The molecule has 0 saturated heterocycles. The quantitative estimate of drug-likeness (QED) is 0.782. The van der Waals surface area contributed by atoms with Crippen LogP contribution in [0, 0.1) is 12.3 Å². The SMILES string of the molecule is Cc1[nH]c2ccccc2c1CC(=O)NCC(C)(C)CO. The molecule has 108 valence electrons. The van der Waals surface area contributed by atoms with Crippen molar-refractivity contribution in [3.63, 3.8) is 0 Å². The maximum atomic E-state index is 12.1. The molecule has 0 atom stereocenters. The van der Waals surface area contributed by atoms with Gasteiger partial charge in [0.15, 0.2) is 0 Å². The third kappa shape index (κ3) is 3.20. The summed E-state index contributed by atoms with van der Waals surface area (Å²) in [5, 5.41) is 13.2. The van der Waals surface area contributed by atoms with Crippen molar-refractivity contribution in [2.24, 2.45) is 5.41 Å². The number of carbonyl (C=O) groups excluding carboxylic acids is 1. The molecule has 1 aromatic heterocycles. The average molecular weight is 274 g/mol. The van der Waals surface area contributed by atoms with E-state index in [4.69, 9.17) is 0 Å². The summed E-state index contributed by atoms with van der Waals surface area (Å²) in [7, 11) is 0. The third-order valence-electron chi connectivity index (χ3n) is 3.56. The van der Waals surface area contributed by atoms with Gasteiger partial charge in [0.1, 0.15) is 0 Å². The first-order valence-corrected chi connectivity index (χ1v) is 6.87. The first-order chi connectivity index (χ1) is 9.43. The summed E-state index contributed by atoms with van der Waals surface area (Å²) >= 11 is 0. The molecule has 0 aliphatic rings. The molecule has 2 rings (SSSR count). The highest BCUT2D eigenvalue weighted by atomic mass is 16.3. The van der Waals surface area contributed by atoms with E-state index in [2.05, 4.69) is 10.3 Å². The van der Waals surface area contributed by atoms with Crippen LogP contribution in [0.2, 0.25) is 0 Å². The van der Waals surface area contributed by atoms with Crippen LogP contribution in [-0.2, 0) is 11.2 Å². The lowest BCUT2D eigenvalue weighted by Gasteiger charge is -2.21. The summed E-state index contributed by atoms with van der Waals surface area (Å²) in [6.07, 6.45) is 0.358.